The topological polar surface area (TPSA) is 24.3 Å². The molecule has 1 fully saturated rings. The van der Waals surface area contributed by atoms with E-state index in [-0.39, 0.29) is 30.6 Å². The van der Waals surface area contributed by atoms with Crippen LogP contribution in [0.2, 0.25) is 5.02 Å². The summed E-state index contributed by atoms with van der Waals surface area (Å²) in [6.07, 6.45) is -6.26. The van der Waals surface area contributed by atoms with E-state index in [1.165, 1.54) is 4.57 Å². The number of hydrogen-bond acceptors (Lipinski definition) is 3. The maximum Gasteiger partial charge on any atom is 0.435 e. The van der Waals surface area contributed by atoms with E-state index in [1.807, 2.05) is 19.9 Å². The second-order valence-corrected chi connectivity index (χ2v) is 9.76. The van der Waals surface area contributed by atoms with Crippen LogP contribution in [-0.4, -0.2) is 40.3 Å². The molecule has 2 aromatic rings. The standard InChI is InChI=1S/C23H27ClF6N4/c1-14-9-15(2)19(17(24)10-14)34-8-4-7-33-18(20(23(28,29)30)31-21(33)34)12-32(13-22(25,26)27)11-16-5-3-6-16/h9-10,16H,3-8,11-13H2,1-2H3. The Labute approximate surface area is 199 Å². The Morgan fingerprint density at radius 1 is 1.06 bits per heavy atom. The molecule has 1 aromatic carbocycles. The molecule has 0 spiro atoms. The Balaban J connectivity index is 1.76. The Hall–Kier alpha value is -1.94. The molecule has 4 rings (SSSR count). The van der Waals surface area contributed by atoms with E-state index in [0.717, 1.165) is 35.3 Å². The van der Waals surface area contributed by atoms with Crippen molar-refractivity contribution in [1.29, 1.82) is 0 Å². The highest BCUT2D eigenvalue weighted by atomic mass is 35.5. The quantitative estimate of drug-likeness (QED) is 0.398. The Morgan fingerprint density at radius 2 is 1.76 bits per heavy atom. The van der Waals surface area contributed by atoms with Gasteiger partial charge >= 0.3 is 12.4 Å². The molecule has 11 heteroatoms. The first kappa shape index (κ1) is 25.2. The molecule has 1 aliphatic carbocycles. The zero-order valence-corrected chi connectivity index (χ0v) is 19.8. The minimum absolute atomic E-state index is 0.0676. The summed E-state index contributed by atoms with van der Waals surface area (Å²) in [7, 11) is 0. The first-order valence-electron chi connectivity index (χ1n) is 11.3. The van der Waals surface area contributed by atoms with Gasteiger partial charge in [-0.15, -0.1) is 0 Å². The average Bonchev–Trinajstić information content (AvgIpc) is 3.02. The lowest BCUT2D eigenvalue weighted by atomic mass is 9.85. The second kappa shape index (κ2) is 9.26. The van der Waals surface area contributed by atoms with Crippen molar-refractivity contribution in [2.75, 3.05) is 24.5 Å². The highest BCUT2D eigenvalue weighted by Gasteiger charge is 2.42. The Kier molecular flexibility index (Phi) is 6.85. The van der Waals surface area contributed by atoms with Gasteiger partial charge in [-0.2, -0.15) is 26.3 Å². The van der Waals surface area contributed by atoms with Crippen molar-refractivity contribution in [3.8, 4) is 0 Å². The van der Waals surface area contributed by atoms with Crippen LogP contribution >= 0.6 is 11.6 Å². The number of fused-ring (bicyclic) bond motifs is 1. The van der Waals surface area contributed by atoms with Crippen molar-refractivity contribution in [2.24, 2.45) is 5.92 Å². The van der Waals surface area contributed by atoms with Crippen molar-refractivity contribution < 1.29 is 26.3 Å². The summed E-state index contributed by atoms with van der Waals surface area (Å²) in [6, 6.07) is 3.62. The first-order chi connectivity index (χ1) is 15.8. The third-order valence-corrected chi connectivity index (χ3v) is 6.80. The number of aromatic nitrogens is 2. The lowest BCUT2D eigenvalue weighted by Gasteiger charge is -2.34. The van der Waals surface area contributed by atoms with Gasteiger partial charge in [-0.1, -0.05) is 24.1 Å². The maximum atomic E-state index is 14.0. The zero-order chi connectivity index (χ0) is 24.8. The maximum absolute atomic E-state index is 14.0. The summed E-state index contributed by atoms with van der Waals surface area (Å²) in [5.41, 5.74) is 0.926. The Bertz CT molecular complexity index is 1020. The molecule has 0 N–H and O–H groups in total. The fraction of sp³-hybridized carbons (Fsp3) is 0.609. The molecule has 1 aromatic heterocycles. The van der Waals surface area contributed by atoms with Crippen LogP contribution in [0.25, 0.3) is 0 Å². The van der Waals surface area contributed by atoms with Crippen LogP contribution < -0.4 is 4.90 Å². The number of anilines is 2. The van der Waals surface area contributed by atoms with E-state index in [1.54, 1.807) is 11.0 Å². The summed E-state index contributed by atoms with van der Waals surface area (Å²) in [4.78, 5) is 6.69. The number of hydrogen-bond donors (Lipinski definition) is 0. The van der Waals surface area contributed by atoms with Crippen molar-refractivity contribution in [3.05, 3.63) is 39.7 Å². The van der Waals surface area contributed by atoms with Gasteiger partial charge in [0.2, 0.25) is 5.95 Å². The molecule has 1 saturated carbocycles. The molecule has 0 radical (unpaired) electrons. The van der Waals surface area contributed by atoms with Gasteiger partial charge in [0.25, 0.3) is 0 Å². The molecular weight excluding hydrogens is 482 g/mol. The van der Waals surface area contributed by atoms with Gasteiger partial charge in [0.05, 0.1) is 22.9 Å². The summed E-state index contributed by atoms with van der Waals surface area (Å²) in [5, 5.41) is 0.396. The fourth-order valence-corrected chi connectivity index (χ4v) is 5.36. The van der Waals surface area contributed by atoms with Crippen LogP contribution in [0, 0.1) is 19.8 Å². The molecule has 0 bridgehead atoms. The van der Waals surface area contributed by atoms with Crippen LogP contribution in [0.15, 0.2) is 12.1 Å². The molecule has 0 atom stereocenters. The van der Waals surface area contributed by atoms with E-state index in [9.17, 15) is 26.3 Å². The van der Waals surface area contributed by atoms with Crippen molar-refractivity contribution in [1.82, 2.24) is 14.5 Å². The monoisotopic (exact) mass is 508 g/mol. The Morgan fingerprint density at radius 3 is 2.32 bits per heavy atom. The normalized spacial score (nSPS) is 17.3. The lowest BCUT2D eigenvalue weighted by Crippen LogP contribution is -2.40. The van der Waals surface area contributed by atoms with Gasteiger partial charge in [-0.3, -0.25) is 4.90 Å². The van der Waals surface area contributed by atoms with Crippen LogP contribution in [0.3, 0.4) is 0 Å². The molecule has 0 amide bonds. The predicted octanol–water partition coefficient (Wildman–Crippen LogP) is 6.88. The second-order valence-electron chi connectivity index (χ2n) is 9.36. The minimum atomic E-state index is -4.79. The highest BCUT2D eigenvalue weighted by molar-refractivity contribution is 6.33. The molecule has 0 unspecified atom stereocenters. The van der Waals surface area contributed by atoms with Crippen molar-refractivity contribution in [2.45, 2.75) is 65.0 Å². The summed E-state index contributed by atoms with van der Waals surface area (Å²) in [5.74, 6) is 0.143. The molecule has 2 aliphatic rings. The van der Waals surface area contributed by atoms with Gasteiger partial charge in [0.15, 0.2) is 5.69 Å². The summed E-state index contributed by atoms with van der Waals surface area (Å²) in [6.45, 7) is 2.74. The molecule has 2 heterocycles. The van der Waals surface area contributed by atoms with E-state index in [2.05, 4.69) is 4.98 Å². The van der Waals surface area contributed by atoms with Crippen molar-refractivity contribution >= 4 is 23.2 Å². The van der Waals surface area contributed by atoms with Gasteiger partial charge < -0.3 is 9.47 Å². The average molecular weight is 509 g/mol. The van der Waals surface area contributed by atoms with Gasteiger partial charge in [0.1, 0.15) is 0 Å². The molecule has 4 nitrogen and oxygen atoms in total. The molecule has 188 valence electrons. The van der Waals surface area contributed by atoms with E-state index < -0.39 is 31.1 Å². The summed E-state index contributed by atoms with van der Waals surface area (Å²) < 4.78 is 83.4. The van der Waals surface area contributed by atoms with Crippen LogP contribution in [0.5, 0.6) is 0 Å². The number of benzene rings is 1. The van der Waals surface area contributed by atoms with Crippen LogP contribution in [0.1, 0.15) is 48.2 Å². The largest absolute Gasteiger partial charge is 0.435 e. The smallest absolute Gasteiger partial charge is 0.312 e. The fourth-order valence-electron chi connectivity index (χ4n) is 4.94. The molecule has 0 saturated heterocycles. The number of aryl methyl sites for hydroxylation is 2. The zero-order valence-electron chi connectivity index (χ0n) is 19.0. The molecule has 34 heavy (non-hydrogen) atoms. The number of nitrogens with zero attached hydrogens (tertiary/aromatic N) is 4. The van der Waals surface area contributed by atoms with Crippen molar-refractivity contribution in [3.63, 3.8) is 0 Å². The van der Waals surface area contributed by atoms with Gasteiger partial charge in [-0.05, 0) is 56.2 Å². The van der Waals surface area contributed by atoms with Gasteiger partial charge in [0, 0.05) is 26.2 Å². The van der Waals surface area contributed by atoms with E-state index in [0.29, 0.717) is 23.7 Å². The van der Waals surface area contributed by atoms with Crippen LogP contribution in [0.4, 0.5) is 38.0 Å². The van der Waals surface area contributed by atoms with E-state index >= 15 is 0 Å². The van der Waals surface area contributed by atoms with E-state index in [4.69, 9.17) is 11.6 Å². The number of halogens is 7. The molecule has 1 aliphatic heterocycles. The number of alkyl halides is 6. The first-order valence-corrected chi connectivity index (χ1v) is 11.7. The van der Waals surface area contributed by atoms with Crippen LogP contribution in [-0.2, 0) is 19.3 Å². The highest BCUT2D eigenvalue weighted by Crippen LogP contribution is 2.42. The predicted molar refractivity (Wildman–Crippen MR) is 118 cm³/mol. The minimum Gasteiger partial charge on any atom is -0.312 e. The third kappa shape index (κ3) is 5.32. The third-order valence-electron chi connectivity index (χ3n) is 6.51. The van der Waals surface area contributed by atoms with Gasteiger partial charge in [-0.25, -0.2) is 4.98 Å². The lowest BCUT2D eigenvalue weighted by molar-refractivity contribution is -0.150. The molecular formula is C23H27ClF6N4. The number of imidazole rings is 1. The number of rotatable bonds is 6. The SMILES string of the molecule is Cc1cc(C)c(N2CCCn3c2nc(C(F)(F)F)c3CN(CC2CCC2)CC(F)(F)F)c(Cl)c1. The summed E-state index contributed by atoms with van der Waals surface area (Å²) >= 11 is 6.47.